The van der Waals surface area contributed by atoms with Crippen molar-refractivity contribution in [1.29, 1.82) is 0 Å². The minimum Gasteiger partial charge on any atom is -0.497 e. The molecule has 0 aliphatic heterocycles. The van der Waals surface area contributed by atoms with Crippen molar-refractivity contribution in [3.05, 3.63) is 29.8 Å². The molecule has 1 aromatic carbocycles. The summed E-state index contributed by atoms with van der Waals surface area (Å²) in [6.07, 6.45) is 0. The third-order valence-corrected chi connectivity index (χ3v) is 3.13. The summed E-state index contributed by atoms with van der Waals surface area (Å²) in [5.41, 5.74) is 1.30. The van der Waals surface area contributed by atoms with Crippen LogP contribution in [0.25, 0.3) is 0 Å². The van der Waals surface area contributed by atoms with Crippen molar-refractivity contribution in [2.24, 2.45) is 5.92 Å². The third-order valence-electron chi connectivity index (χ3n) is 3.13. The number of methoxy groups -OCH3 is 1. The van der Waals surface area contributed by atoms with Gasteiger partial charge in [0.1, 0.15) is 5.75 Å². The van der Waals surface area contributed by atoms with Crippen LogP contribution in [0.4, 0.5) is 0 Å². The fourth-order valence-electron chi connectivity index (χ4n) is 1.58. The van der Waals surface area contributed by atoms with E-state index in [1.54, 1.807) is 7.11 Å². The average Bonchev–Trinajstić information content (AvgIpc) is 2.28. The van der Waals surface area contributed by atoms with Crippen LogP contribution in [0.5, 0.6) is 5.75 Å². The molecule has 1 aromatic rings. The highest BCUT2D eigenvalue weighted by Crippen LogP contribution is 2.18. The maximum absolute atomic E-state index is 5.15. The van der Waals surface area contributed by atoms with Crippen molar-refractivity contribution >= 4 is 0 Å². The molecule has 0 aromatic heterocycles. The molecule has 2 atom stereocenters. The predicted octanol–water partition coefficient (Wildman–Crippen LogP) is 3.39. The van der Waals surface area contributed by atoms with E-state index in [1.165, 1.54) is 5.56 Å². The highest BCUT2D eigenvalue weighted by Gasteiger charge is 2.11. The molecular formula is C14H23NO. The molecule has 2 heteroatoms. The molecule has 0 heterocycles. The van der Waals surface area contributed by atoms with Gasteiger partial charge in [0.15, 0.2) is 0 Å². The molecule has 0 aliphatic carbocycles. The van der Waals surface area contributed by atoms with Gasteiger partial charge in [0.05, 0.1) is 7.11 Å². The lowest BCUT2D eigenvalue weighted by atomic mass is 10.0. The van der Waals surface area contributed by atoms with Gasteiger partial charge in [-0.1, -0.05) is 26.0 Å². The predicted molar refractivity (Wildman–Crippen MR) is 68.8 cm³/mol. The molecule has 0 fully saturated rings. The van der Waals surface area contributed by atoms with E-state index in [1.807, 2.05) is 12.1 Å². The van der Waals surface area contributed by atoms with Crippen molar-refractivity contribution in [1.82, 2.24) is 5.32 Å². The molecule has 1 rings (SSSR count). The Hall–Kier alpha value is -1.02. The second-order valence-electron chi connectivity index (χ2n) is 4.69. The Morgan fingerprint density at radius 3 is 2.00 bits per heavy atom. The van der Waals surface area contributed by atoms with Crippen molar-refractivity contribution in [2.75, 3.05) is 7.11 Å². The Morgan fingerprint density at radius 1 is 1.00 bits per heavy atom. The average molecular weight is 221 g/mol. The van der Waals surface area contributed by atoms with Gasteiger partial charge in [-0.05, 0) is 37.5 Å². The van der Waals surface area contributed by atoms with Gasteiger partial charge in [-0.3, -0.25) is 0 Å². The lowest BCUT2D eigenvalue weighted by Gasteiger charge is -2.23. The van der Waals surface area contributed by atoms with Crippen molar-refractivity contribution in [3.63, 3.8) is 0 Å². The van der Waals surface area contributed by atoms with E-state index in [0.717, 1.165) is 5.75 Å². The van der Waals surface area contributed by atoms with Crippen LogP contribution in [0.2, 0.25) is 0 Å². The number of hydrogen-bond donors (Lipinski definition) is 1. The molecule has 0 bridgehead atoms. The summed E-state index contributed by atoms with van der Waals surface area (Å²) in [5, 5.41) is 3.59. The standard InChI is InChI=1S/C14H23NO/c1-10(2)11(3)15-12(4)13-6-8-14(16-5)9-7-13/h6-12,15H,1-5H3. The van der Waals surface area contributed by atoms with Crippen LogP contribution in [-0.4, -0.2) is 13.2 Å². The lowest BCUT2D eigenvalue weighted by Crippen LogP contribution is -2.32. The molecule has 90 valence electrons. The van der Waals surface area contributed by atoms with Gasteiger partial charge in [-0.25, -0.2) is 0 Å². The maximum Gasteiger partial charge on any atom is 0.118 e. The number of rotatable bonds is 5. The van der Waals surface area contributed by atoms with Crippen LogP contribution in [0.3, 0.4) is 0 Å². The van der Waals surface area contributed by atoms with E-state index < -0.39 is 0 Å². The zero-order chi connectivity index (χ0) is 12.1. The maximum atomic E-state index is 5.15. The zero-order valence-electron chi connectivity index (χ0n) is 10.9. The minimum atomic E-state index is 0.378. The molecule has 0 radical (unpaired) electrons. The van der Waals surface area contributed by atoms with Crippen LogP contribution in [0.15, 0.2) is 24.3 Å². The topological polar surface area (TPSA) is 21.3 Å². The molecule has 0 aliphatic rings. The first-order chi connectivity index (χ1) is 7.54. The number of hydrogen-bond acceptors (Lipinski definition) is 2. The third kappa shape index (κ3) is 3.53. The van der Waals surface area contributed by atoms with Gasteiger partial charge in [0.25, 0.3) is 0 Å². The zero-order valence-corrected chi connectivity index (χ0v) is 10.9. The van der Waals surface area contributed by atoms with Crippen LogP contribution >= 0.6 is 0 Å². The largest absolute Gasteiger partial charge is 0.497 e. The van der Waals surface area contributed by atoms with E-state index in [2.05, 4.69) is 45.1 Å². The Labute approximate surface area is 99.0 Å². The summed E-state index contributed by atoms with van der Waals surface area (Å²) in [6, 6.07) is 9.15. The van der Waals surface area contributed by atoms with Crippen LogP contribution in [-0.2, 0) is 0 Å². The highest BCUT2D eigenvalue weighted by atomic mass is 16.5. The van der Waals surface area contributed by atoms with Gasteiger partial charge in [-0.15, -0.1) is 0 Å². The Balaban J connectivity index is 2.62. The normalized spacial score (nSPS) is 14.9. The lowest BCUT2D eigenvalue weighted by molar-refractivity contribution is 0.388. The molecule has 2 unspecified atom stereocenters. The van der Waals surface area contributed by atoms with Gasteiger partial charge < -0.3 is 10.1 Å². The number of nitrogens with one attached hydrogen (secondary N) is 1. The minimum absolute atomic E-state index is 0.378. The SMILES string of the molecule is COc1ccc(C(C)NC(C)C(C)C)cc1. The van der Waals surface area contributed by atoms with Gasteiger partial charge >= 0.3 is 0 Å². The Kier molecular flexibility index (Phi) is 4.81. The first kappa shape index (κ1) is 13.0. The van der Waals surface area contributed by atoms with Crippen LogP contribution in [0, 0.1) is 5.92 Å². The summed E-state index contributed by atoms with van der Waals surface area (Å²) in [7, 11) is 1.69. The van der Waals surface area contributed by atoms with Crippen molar-refractivity contribution < 1.29 is 4.74 Å². The fraction of sp³-hybridized carbons (Fsp3) is 0.571. The van der Waals surface area contributed by atoms with E-state index in [-0.39, 0.29) is 0 Å². The van der Waals surface area contributed by atoms with Crippen molar-refractivity contribution in [3.8, 4) is 5.75 Å². The number of benzene rings is 1. The number of ether oxygens (including phenoxy) is 1. The molecule has 0 amide bonds. The second kappa shape index (κ2) is 5.90. The smallest absolute Gasteiger partial charge is 0.118 e. The summed E-state index contributed by atoms with van der Waals surface area (Å²) < 4.78 is 5.15. The molecule has 0 saturated carbocycles. The monoisotopic (exact) mass is 221 g/mol. The molecular weight excluding hydrogens is 198 g/mol. The van der Waals surface area contributed by atoms with Crippen LogP contribution < -0.4 is 10.1 Å². The van der Waals surface area contributed by atoms with Crippen LogP contribution in [0.1, 0.15) is 39.3 Å². The van der Waals surface area contributed by atoms with Gasteiger partial charge in [0.2, 0.25) is 0 Å². The summed E-state index contributed by atoms with van der Waals surface area (Å²) in [6.45, 7) is 8.89. The molecule has 16 heavy (non-hydrogen) atoms. The Bertz CT molecular complexity index is 305. The van der Waals surface area contributed by atoms with E-state index in [9.17, 15) is 0 Å². The van der Waals surface area contributed by atoms with Gasteiger partial charge in [0, 0.05) is 12.1 Å². The fourth-order valence-corrected chi connectivity index (χ4v) is 1.58. The van der Waals surface area contributed by atoms with Gasteiger partial charge in [-0.2, -0.15) is 0 Å². The Morgan fingerprint density at radius 2 is 1.56 bits per heavy atom. The van der Waals surface area contributed by atoms with E-state index >= 15 is 0 Å². The van der Waals surface area contributed by atoms with Crippen molar-refractivity contribution in [2.45, 2.75) is 39.8 Å². The highest BCUT2D eigenvalue weighted by molar-refractivity contribution is 5.28. The van der Waals surface area contributed by atoms with E-state index in [4.69, 9.17) is 4.74 Å². The molecule has 0 saturated heterocycles. The summed E-state index contributed by atoms with van der Waals surface area (Å²) in [5.74, 6) is 1.56. The van der Waals surface area contributed by atoms with E-state index in [0.29, 0.717) is 18.0 Å². The summed E-state index contributed by atoms with van der Waals surface area (Å²) in [4.78, 5) is 0. The second-order valence-corrected chi connectivity index (χ2v) is 4.69. The quantitative estimate of drug-likeness (QED) is 0.823. The molecule has 1 N–H and O–H groups in total. The molecule has 2 nitrogen and oxygen atoms in total. The first-order valence-electron chi connectivity index (χ1n) is 5.94. The first-order valence-corrected chi connectivity index (χ1v) is 5.94. The summed E-state index contributed by atoms with van der Waals surface area (Å²) >= 11 is 0. The molecule has 0 spiro atoms.